The normalized spacial score (nSPS) is 18.2. The Kier molecular flexibility index (Phi) is 7.43. The van der Waals surface area contributed by atoms with Crippen molar-refractivity contribution in [3.8, 4) is 17.0 Å². The predicted octanol–water partition coefficient (Wildman–Crippen LogP) is 6.78. The first-order valence-electron chi connectivity index (χ1n) is 11.6. The topological polar surface area (TPSA) is 47.9 Å². The number of aromatic nitrogens is 3. The first-order valence-corrected chi connectivity index (χ1v) is 11.6. The molecule has 3 aromatic rings. The maximum Gasteiger partial charge on any atom is 0.200 e. The number of nitrogens with zero attached hydrogens (tertiary/aromatic N) is 3. The molecule has 2 heterocycles. The highest BCUT2D eigenvalue weighted by molar-refractivity contribution is 5.56. The first kappa shape index (κ1) is 23.0. The van der Waals surface area contributed by atoms with Gasteiger partial charge in [-0.2, -0.15) is 4.39 Å². The number of benzene rings is 1. The molecule has 0 bridgehead atoms. The molecule has 1 fully saturated rings. The zero-order valence-electron chi connectivity index (χ0n) is 18.9. The zero-order valence-corrected chi connectivity index (χ0v) is 18.9. The summed E-state index contributed by atoms with van der Waals surface area (Å²) in [6.45, 7) is 6.01. The van der Waals surface area contributed by atoms with E-state index in [1.54, 1.807) is 30.6 Å². The molecule has 1 saturated carbocycles. The van der Waals surface area contributed by atoms with Gasteiger partial charge in [0.2, 0.25) is 5.82 Å². The lowest BCUT2D eigenvalue weighted by molar-refractivity contribution is 0.293. The van der Waals surface area contributed by atoms with E-state index in [9.17, 15) is 8.78 Å². The summed E-state index contributed by atoms with van der Waals surface area (Å²) in [5.41, 5.74) is 3.35. The third-order valence-corrected chi connectivity index (χ3v) is 6.29. The number of rotatable bonds is 8. The van der Waals surface area contributed by atoms with E-state index < -0.39 is 11.6 Å². The van der Waals surface area contributed by atoms with Crippen LogP contribution in [-0.2, 0) is 6.42 Å². The molecule has 1 aromatic carbocycles. The quantitative estimate of drug-likeness (QED) is 0.356. The average molecular weight is 450 g/mol. The predicted molar refractivity (Wildman–Crippen MR) is 125 cm³/mol. The van der Waals surface area contributed by atoms with Gasteiger partial charge in [-0.15, -0.1) is 6.58 Å². The van der Waals surface area contributed by atoms with Gasteiger partial charge in [0.25, 0.3) is 0 Å². The maximum absolute atomic E-state index is 14.7. The van der Waals surface area contributed by atoms with Crippen molar-refractivity contribution in [1.82, 2.24) is 15.0 Å². The van der Waals surface area contributed by atoms with Crippen LogP contribution < -0.4 is 4.74 Å². The summed E-state index contributed by atoms with van der Waals surface area (Å²) in [5.74, 6) is -0.507. The van der Waals surface area contributed by atoms with Gasteiger partial charge in [0.1, 0.15) is 5.82 Å². The Morgan fingerprint density at radius 3 is 2.30 bits per heavy atom. The van der Waals surface area contributed by atoms with Crippen molar-refractivity contribution in [2.75, 3.05) is 6.61 Å². The summed E-state index contributed by atoms with van der Waals surface area (Å²) in [7, 11) is 0. The molecule has 6 heteroatoms. The summed E-state index contributed by atoms with van der Waals surface area (Å²) in [5, 5.41) is 0. The van der Waals surface area contributed by atoms with E-state index in [1.165, 1.54) is 5.56 Å². The Morgan fingerprint density at radius 2 is 1.67 bits per heavy atom. The molecule has 172 valence electrons. The van der Waals surface area contributed by atoms with Crippen LogP contribution in [0.25, 0.3) is 11.3 Å². The molecule has 0 unspecified atom stereocenters. The molecule has 4 rings (SSSR count). The average Bonchev–Trinajstić information content (AvgIpc) is 2.86. The standard InChI is InChI=1S/C27H29F2N3O/c1-3-5-25-31-16-21(17-32-25)23-12-10-20(15-30-23)18-6-8-19(9-7-18)22-11-13-24(33-14-4-2)27(29)26(22)28/h3,10-13,15-19H,1,4-9,14H2,2H3. The van der Waals surface area contributed by atoms with Crippen molar-refractivity contribution in [1.29, 1.82) is 0 Å². The highest BCUT2D eigenvalue weighted by Crippen LogP contribution is 2.42. The fourth-order valence-corrected chi connectivity index (χ4v) is 4.46. The first-order chi connectivity index (χ1) is 16.1. The largest absolute Gasteiger partial charge is 0.490 e. The summed E-state index contributed by atoms with van der Waals surface area (Å²) < 4.78 is 34.4. The number of allylic oxidation sites excluding steroid dienone is 1. The van der Waals surface area contributed by atoms with Crippen LogP contribution in [0.4, 0.5) is 8.78 Å². The fraction of sp³-hybridized carbons (Fsp3) is 0.370. The highest BCUT2D eigenvalue weighted by Gasteiger charge is 2.27. The fourth-order valence-electron chi connectivity index (χ4n) is 4.46. The van der Waals surface area contributed by atoms with Crippen LogP contribution in [-0.4, -0.2) is 21.6 Å². The molecule has 1 aliphatic rings. The summed E-state index contributed by atoms with van der Waals surface area (Å²) in [6.07, 6.45) is 12.1. The van der Waals surface area contributed by atoms with Gasteiger partial charge in [-0.3, -0.25) is 4.98 Å². The van der Waals surface area contributed by atoms with Crippen molar-refractivity contribution in [2.24, 2.45) is 0 Å². The minimum Gasteiger partial charge on any atom is -0.490 e. The van der Waals surface area contributed by atoms with Crippen molar-refractivity contribution in [2.45, 2.75) is 57.3 Å². The molecule has 33 heavy (non-hydrogen) atoms. The van der Waals surface area contributed by atoms with Crippen molar-refractivity contribution in [3.05, 3.63) is 84.1 Å². The van der Waals surface area contributed by atoms with Gasteiger partial charge >= 0.3 is 0 Å². The van der Waals surface area contributed by atoms with Gasteiger partial charge < -0.3 is 4.74 Å². The van der Waals surface area contributed by atoms with Crippen LogP contribution in [0, 0.1) is 11.6 Å². The Balaban J connectivity index is 1.39. The number of pyridine rings is 1. The monoisotopic (exact) mass is 449 g/mol. The van der Waals surface area contributed by atoms with E-state index in [-0.39, 0.29) is 11.7 Å². The van der Waals surface area contributed by atoms with Crippen LogP contribution in [0.5, 0.6) is 5.75 Å². The Morgan fingerprint density at radius 1 is 0.939 bits per heavy atom. The number of ether oxygens (including phenoxy) is 1. The molecule has 0 saturated heterocycles. The van der Waals surface area contributed by atoms with Crippen molar-refractivity contribution in [3.63, 3.8) is 0 Å². The van der Waals surface area contributed by atoms with E-state index in [0.717, 1.165) is 49.2 Å². The van der Waals surface area contributed by atoms with Gasteiger partial charge in [0, 0.05) is 30.6 Å². The van der Waals surface area contributed by atoms with E-state index in [2.05, 4.69) is 27.6 Å². The number of hydrogen-bond donors (Lipinski definition) is 0. The second-order valence-electron chi connectivity index (χ2n) is 8.54. The molecule has 0 spiro atoms. The molecule has 1 aliphatic carbocycles. The smallest absolute Gasteiger partial charge is 0.200 e. The van der Waals surface area contributed by atoms with Gasteiger partial charge in [0.05, 0.1) is 12.3 Å². The Bertz CT molecular complexity index is 1080. The lowest BCUT2D eigenvalue weighted by atomic mass is 9.76. The Hall–Kier alpha value is -3.15. The second kappa shape index (κ2) is 10.6. The van der Waals surface area contributed by atoms with Crippen LogP contribution in [0.1, 0.15) is 67.8 Å². The number of hydrogen-bond acceptors (Lipinski definition) is 4. The highest BCUT2D eigenvalue weighted by atomic mass is 19.2. The third-order valence-electron chi connectivity index (χ3n) is 6.29. The lowest BCUT2D eigenvalue weighted by Gasteiger charge is -2.29. The molecule has 2 aromatic heterocycles. The van der Waals surface area contributed by atoms with Crippen molar-refractivity contribution < 1.29 is 13.5 Å². The van der Waals surface area contributed by atoms with Crippen LogP contribution in [0.2, 0.25) is 0 Å². The van der Waals surface area contributed by atoms with E-state index in [4.69, 9.17) is 4.74 Å². The minimum absolute atomic E-state index is 0.00121. The van der Waals surface area contributed by atoms with Crippen LogP contribution >= 0.6 is 0 Å². The number of halogens is 2. The van der Waals surface area contributed by atoms with Crippen LogP contribution in [0.3, 0.4) is 0 Å². The van der Waals surface area contributed by atoms with Gasteiger partial charge in [-0.25, -0.2) is 14.4 Å². The molecule has 0 amide bonds. The Labute approximate surface area is 193 Å². The molecule has 0 radical (unpaired) electrons. The molecule has 0 aliphatic heterocycles. The minimum atomic E-state index is -0.871. The summed E-state index contributed by atoms with van der Waals surface area (Å²) in [4.78, 5) is 13.3. The molecule has 0 atom stereocenters. The van der Waals surface area contributed by atoms with E-state index in [1.807, 2.05) is 19.2 Å². The maximum atomic E-state index is 14.7. The molecular weight excluding hydrogens is 420 g/mol. The molecule has 0 N–H and O–H groups in total. The summed E-state index contributed by atoms with van der Waals surface area (Å²) in [6, 6.07) is 7.35. The lowest BCUT2D eigenvalue weighted by Crippen LogP contribution is -2.14. The molecular formula is C27H29F2N3O. The third kappa shape index (κ3) is 5.27. The second-order valence-corrected chi connectivity index (χ2v) is 8.54. The van der Waals surface area contributed by atoms with Gasteiger partial charge in [0.15, 0.2) is 11.6 Å². The van der Waals surface area contributed by atoms with E-state index in [0.29, 0.717) is 24.5 Å². The van der Waals surface area contributed by atoms with Gasteiger partial charge in [-0.1, -0.05) is 25.1 Å². The zero-order chi connectivity index (χ0) is 23.2. The van der Waals surface area contributed by atoms with E-state index >= 15 is 0 Å². The molecule has 4 nitrogen and oxygen atoms in total. The summed E-state index contributed by atoms with van der Waals surface area (Å²) >= 11 is 0. The van der Waals surface area contributed by atoms with Gasteiger partial charge in [-0.05, 0) is 67.2 Å². The van der Waals surface area contributed by atoms with Crippen LogP contribution in [0.15, 0.2) is 55.5 Å². The van der Waals surface area contributed by atoms with Crippen molar-refractivity contribution >= 4 is 0 Å². The SMILES string of the molecule is C=CCc1ncc(-c2ccc(C3CCC(c4ccc(OCCC)c(F)c4F)CC3)cn2)cn1.